The first-order valence-electron chi connectivity index (χ1n) is 14.1. The number of pyridine rings is 1. The topological polar surface area (TPSA) is 92.1 Å². The van der Waals surface area contributed by atoms with Crippen LogP contribution in [0.15, 0.2) is 54.9 Å². The minimum absolute atomic E-state index is 0.00734. The maximum absolute atomic E-state index is 10.8. The number of rotatable bonds is 13. The summed E-state index contributed by atoms with van der Waals surface area (Å²) < 4.78 is 12.9. The molecular weight excluding hydrogens is 480 g/mol. The van der Waals surface area contributed by atoms with Crippen LogP contribution in [0, 0.1) is 0 Å². The van der Waals surface area contributed by atoms with Crippen molar-refractivity contribution in [1.82, 2.24) is 9.88 Å². The number of allylic oxidation sites excluding steroid dienone is 1. The van der Waals surface area contributed by atoms with E-state index in [0.29, 0.717) is 32.1 Å². The van der Waals surface area contributed by atoms with E-state index in [1.807, 2.05) is 24.4 Å². The molecule has 2 heterocycles. The van der Waals surface area contributed by atoms with Gasteiger partial charge in [-0.15, -0.1) is 0 Å². The Kier molecular flexibility index (Phi) is 11.3. The van der Waals surface area contributed by atoms with Gasteiger partial charge >= 0.3 is 5.97 Å². The van der Waals surface area contributed by atoms with E-state index in [0.717, 1.165) is 48.2 Å². The lowest BCUT2D eigenvalue weighted by Gasteiger charge is -2.33. The molecule has 38 heavy (non-hydrogen) atoms. The SMILES string of the molecule is O=C(O)CC/C=C\CO[C@H]1[C@H](OCc2ccc(-c3cnccc3CCO)cc2)CC[C@@H]1N1CCCCCC1. The first kappa shape index (κ1) is 28.4. The normalized spacial score (nSPS) is 22.6. The number of aliphatic hydroxyl groups excluding tert-OH is 1. The van der Waals surface area contributed by atoms with Gasteiger partial charge in [0.2, 0.25) is 0 Å². The molecule has 2 fully saturated rings. The van der Waals surface area contributed by atoms with Crippen molar-refractivity contribution in [3.05, 3.63) is 66.0 Å². The van der Waals surface area contributed by atoms with E-state index < -0.39 is 5.97 Å². The van der Waals surface area contributed by atoms with Crippen LogP contribution in [0.2, 0.25) is 0 Å². The van der Waals surface area contributed by atoms with Crippen molar-refractivity contribution in [2.75, 3.05) is 26.3 Å². The third-order valence-electron chi connectivity index (χ3n) is 7.70. The lowest BCUT2D eigenvalue weighted by atomic mass is 9.99. The van der Waals surface area contributed by atoms with Crippen LogP contribution < -0.4 is 0 Å². The van der Waals surface area contributed by atoms with Gasteiger partial charge in [0, 0.05) is 37.0 Å². The fourth-order valence-electron chi connectivity index (χ4n) is 5.69. The van der Waals surface area contributed by atoms with Gasteiger partial charge in [0.25, 0.3) is 0 Å². The van der Waals surface area contributed by atoms with Gasteiger partial charge in [0.05, 0.1) is 25.4 Å². The quantitative estimate of drug-likeness (QED) is 0.357. The van der Waals surface area contributed by atoms with Gasteiger partial charge in [-0.2, -0.15) is 0 Å². The number of carbonyl (C=O) groups is 1. The second-order valence-corrected chi connectivity index (χ2v) is 10.3. The first-order valence-corrected chi connectivity index (χ1v) is 14.1. The highest BCUT2D eigenvalue weighted by molar-refractivity contribution is 5.67. The highest BCUT2D eigenvalue weighted by Crippen LogP contribution is 2.32. The summed E-state index contributed by atoms with van der Waals surface area (Å²) in [6, 6.07) is 10.7. The number of hydrogen-bond acceptors (Lipinski definition) is 6. The molecule has 3 atom stereocenters. The number of aromatic nitrogens is 1. The highest BCUT2D eigenvalue weighted by Gasteiger charge is 2.40. The Hall–Kier alpha value is -2.58. The number of carboxylic acids is 1. The molecular formula is C31H42N2O5. The molecule has 0 amide bonds. The molecule has 2 N–H and O–H groups in total. The van der Waals surface area contributed by atoms with Gasteiger partial charge in [0.15, 0.2) is 0 Å². The fraction of sp³-hybridized carbons (Fsp3) is 0.548. The Morgan fingerprint density at radius 3 is 2.55 bits per heavy atom. The Morgan fingerprint density at radius 1 is 1.03 bits per heavy atom. The summed E-state index contributed by atoms with van der Waals surface area (Å²) in [5.41, 5.74) is 4.35. The van der Waals surface area contributed by atoms with Crippen LogP contribution in [0.1, 0.15) is 62.5 Å². The van der Waals surface area contributed by atoms with Gasteiger partial charge in [-0.1, -0.05) is 49.3 Å². The zero-order valence-electron chi connectivity index (χ0n) is 22.3. The largest absolute Gasteiger partial charge is 0.481 e. The van der Waals surface area contributed by atoms with E-state index in [1.54, 1.807) is 6.20 Å². The van der Waals surface area contributed by atoms with Crippen LogP contribution in [-0.2, 0) is 27.3 Å². The number of hydrogen-bond donors (Lipinski definition) is 2. The van der Waals surface area contributed by atoms with Gasteiger partial charge in [-0.05, 0) is 74.4 Å². The number of nitrogens with zero attached hydrogens (tertiary/aromatic N) is 2. The average molecular weight is 523 g/mol. The third-order valence-corrected chi connectivity index (χ3v) is 7.70. The predicted molar refractivity (Wildman–Crippen MR) is 148 cm³/mol. The lowest BCUT2D eigenvalue weighted by Crippen LogP contribution is -2.45. The summed E-state index contributed by atoms with van der Waals surface area (Å²) in [5, 5.41) is 18.2. The van der Waals surface area contributed by atoms with Crippen molar-refractivity contribution in [2.24, 2.45) is 0 Å². The molecule has 2 aromatic rings. The molecule has 0 spiro atoms. The first-order chi connectivity index (χ1) is 18.7. The van der Waals surface area contributed by atoms with Crippen molar-refractivity contribution >= 4 is 5.97 Å². The van der Waals surface area contributed by atoms with Crippen LogP contribution in [-0.4, -0.2) is 70.6 Å². The fourth-order valence-corrected chi connectivity index (χ4v) is 5.69. The molecule has 1 saturated heterocycles. The zero-order valence-corrected chi connectivity index (χ0v) is 22.3. The molecule has 0 unspecified atom stereocenters. The zero-order chi connectivity index (χ0) is 26.6. The van der Waals surface area contributed by atoms with Gasteiger partial charge < -0.3 is 19.7 Å². The van der Waals surface area contributed by atoms with Crippen LogP contribution in [0.25, 0.3) is 11.1 Å². The number of aliphatic hydroxyl groups is 1. The molecule has 206 valence electrons. The third kappa shape index (κ3) is 8.21. The number of aliphatic carboxylic acids is 1. The van der Waals surface area contributed by atoms with E-state index >= 15 is 0 Å². The maximum atomic E-state index is 10.8. The van der Waals surface area contributed by atoms with E-state index in [9.17, 15) is 9.90 Å². The summed E-state index contributed by atoms with van der Waals surface area (Å²) in [4.78, 5) is 17.6. The Balaban J connectivity index is 1.37. The Labute approximate surface area is 226 Å². The van der Waals surface area contributed by atoms with Crippen molar-refractivity contribution < 1.29 is 24.5 Å². The summed E-state index contributed by atoms with van der Waals surface area (Å²) in [7, 11) is 0. The second-order valence-electron chi connectivity index (χ2n) is 10.3. The highest BCUT2D eigenvalue weighted by atomic mass is 16.5. The van der Waals surface area contributed by atoms with Crippen molar-refractivity contribution in [2.45, 2.75) is 82.6 Å². The van der Waals surface area contributed by atoms with Crippen LogP contribution in [0.4, 0.5) is 0 Å². The summed E-state index contributed by atoms with van der Waals surface area (Å²) in [5.74, 6) is -0.778. The van der Waals surface area contributed by atoms with E-state index in [4.69, 9.17) is 14.6 Å². The second kappa shape index (κ2) is 15.1. The van der Waals surface area contributed by atoms with Crippen LogP contribution in [0.3, 0.4) is 0 Å². The molecule has 0 bridgehead atoms. The summed E-state index contributed by atoms with van der Waals surface area (Å²) in [6.45, 7) is 3.37. The number of carboxylic acid groups (broad SMARTS) is 1. The monoisotopic (exact) mass is 522 g/mol. The molecule has 1 aromatic heterocycles. The van der Waals surface area contributed by atoms with E-state index in [-0.39, 0.29) is 25.2 Å². The molecule has 1 aliphatic carbocycles. The minimum atomic E-state index is -0.778. The predicted octanol–water partition coefficient (Wildman–Crippen LogP) is 5.01. The van der Waals surface area contributed by atoms with Gasteiger partial charge in [0.1, 0.15) is 0 Å². The van der Waals surface area contributed by atoms with E-state index in [2.05, 4.69) is 34.1 Å². The molecule has 7 nitrogen and oxygen atoms in total. The van der Waals surface area contributed by atoms with Gasteiger partial charge in [-0.3, -0.25) is 14.7 Å². The maximum Gasteiger partial charge on any atom is 0.303 e. The van der Waals surface area contributed by atoms with E-state index in [1.165, 1.54) is 25.7 Å². The Bertz CT molecular complexity index is 1020. The van der Waals surface area contributed by atoms with Crippen LogP contribution >= 0.6 is 0 Å². The van der Waals surface area contributed by atoms with Crippen LogP contribution in [0.5, 0.6) is 0 Å². The lowest BCUT2D eigenvalue weighted by molar-refractivity contribution is -0.136. The Morgan fingerprint density at radius 2 is 1.82 bits per heavy atom. The van der Waals surface area contributed by atoms with Gasteiger partial charge in [-0.25, -0.2) is 0 Å². The molecule has 2 aliphatic rings. The molecule has 1 saturated carbocycles. The average Bonchev–Trinajstić information content (AvgIpc) is 3.13. The van der Waals surface area contributed by atoms with Crippen molar-refractivity contribution in [3.8, 4) is 11.1 Å². The smallest absolute Gasteiger partial charge is 0.303 e. The van der Waals surface area contributed by atoms with Crippen molar-refractivity contribution in [1.29, 1.82) is 0 Å². The number of likely N-dealkylation sites (tertiary alicyclic amines) is 1. The molecule has 1 aliphatic heterocycles. The number of ether oxygens (including phenoxy) is 2. The molecule has 0 radical (unpaired) electrons. The van der Waals surface area contributed by atoms with Crippen molar-refractivity contribution in [3.63, 3.8) is 0 Å². The summed E-state index contributed by atoms with van der Waals surface area (Å²) in [6.07, 6.45) is 15.9. The standard InChI is InChI=1S/C31H42N2O5/c34-20-16-26-15-17-32-22-27(26)25-11-9-24(10-12-25)23-38-29-14-13-28(33-18-5-1-2-6-19-33)31(29)37-21-7-3-4-8-30(35)36/h3,7,9-12,15,17,22,28-29,31,34H,1-2,4-6,8,13-14,16,18-21,23H2,(H,35,36)/b7-3-/t28-,29+,31+/m0/s1. The molecule has 7 heteroatoms. The molecule has 4 rings (SSSR count). The minimum Gasteiger partial charge on any atom is -0.481 e. The number of benzene rings is 1. The summed E-state index contributed by atoms with van der Waals surface area (Å²) >= 11 is 0. The molecule has 1 aromatic carbocycles.